The van der Waals surface area contributed by atoms with Crippen molar-refractivity contribution in [2.75, 3.05) is 27.7 Å². The molecule has 0 spiro atoms. The zero-order chi connectivity index (χ0) is 15.6. The van der Waals surface area contributed by atoms with Gasteiger partial charge >= 0.3 is 0 Å². The molecule has 1 aromatic carbocycles. The Balaban J connectivity index is 2.01. The summed E-state index contributed by atoms with van der Waals surface area (Å²) in [4.78, 5) is 4.69. The lowest BCUT2D eigenvalue weighted by molar-refractivity contribution is 0.0151. The van der Waals surface area contributed by atoms with E-state index in [4.69, 9.17) is 5.73 Å². The highest BCUT2D eigenvalue weighted by Crippen LogP contribution is 2.37. The number of likely N-dealkylation sites (N-methyl/N-ethyl adjacent to an activating group) is 2. The molecule has 1 aliphatic carbocycles. The molecule has 0 aliphatic heterocycles. The van der Waals surface area contributed by atoms with E-state index in [0.717, 1.165) is 12.1 Å². The molecule has 0 amide bonds. The van der Waals surface area contributed by atoms with Crippen LogP contribution >= 0.6 is 0 Å². The van der Waals surface area contributed by atoms with Gasteiger partial charge in [-0.05, 0) is 65.0 Å². The number of hydrogen-bond donors (Lipinski definition) is 1. The maximum absolute atomic E-state index is 13.0. The van der Waals surface area contributed by atoms with Gasteiger partial charge in [0.25, 0.3) is 0 Å². The fourth-order valence-electron chi connectivity index (χ4n) is 3.18. The topological polar surface area (TPSA) is 32.5 Å². The van der Waals surface area contributed by atoms with Crippen molar-refractivity contribution in [3.63, 3.8) is 0 Å². The van der Waals surface area contributed by atoms with Crippen LogP contribution in [-0.2, 0) is 0 Å². The van der Waals surface area contributed by atoms with Crippen molar-refractivity contribution in [3.8, 4) is 0 Å². The van der Waals surface area contributed by atoms with E-state index < -0.39 is 0 Å². The second kappa shape index (κ2) is 6.42. The first-order valence-electron chi connectivity index (χ1n) is 7.74. The van der Waals surface area contributed by atoms with Crippen LogP contribution in [0.1, 0.15) is 37.8 Å². The van der Waals surface area contributed by atoms with E-state index in [1.165, 1.54) is 31.4 Å². The SMILES string of the molecule is CC(C(N)c1ccc(F)cc1)N(C)CC1(N(C)C)CCC1. The van der Waals surface area contributed by atoms with Crippen LogP contribution in [0, 0.1) is 5.82 Å². The summed E-state index contributed by atoms with van der Waals surface area (Å²) < 4.78 is 13.0. The second-order valence-electron chi connectivity index (χ2n) is 6.71. The Morgan fingerprint density at radius 1 is 1.19 bits per heavy atom. The molecule has 1 aliphatic rings. The lowest BCUT2D eigenvalue weighted by Crippen LogP contribution is -2.58. The third-order valence-corrected chi connectivity index (χ3v) is 5.25. The predicted octanol–water partition coefficient (Wildman–Crippen LogP) is 2.63. The van der Waals surface area contributed by atoms with Gasteiger partial charge in [0.1, 0.15) is 5.82 Å². The standard InChI is InChI=1S/C17H28FN3/c1-13(16(19)14-6-8-15(18)9-7-14)21(4)12-17(20(2)3)10-5-11-17/h6-9,13,16H,5,10-12,19H2,1-4H3. The van der Waals surface area contributed by atoms with Gasteiger partial charge in [0.2, 0.25) is 0 Å². The molecular weight excluding hydrogens is 265 g/mol. The first-order chi connectivity index (χ1) is 9.85. The van der Waals surface area contributed by atoms with Crippen LogP contribution in [0.2, 0.25) is 0 Å². The minimum Gasteiger partial charge on any atom is -0.323 e. The molecule has 2 N–H and O–H groups in total. The van der Waals surface area contributed by atoms with Crippen molar-refractivity contribution in [1.29, 1.82) is 0 Å². The molecule has 1 fully saturated rings. The predicted molar refractivity (Wildman–Crippen MR) is 85.7 cm³/mol. The van der Waals surface area contributed by atoms with Crippen molar-refractivity contribution >= 4 is 0 Å². The van der Waals surface area contributed by atoms with Gasteiger partial charge in [-0.2, -0.15) is 0 Å². The summed E-state index contributed by atoms with van der Waals surface area (Å²) in [5.41, 5.74) is 7.65. The molecule has 0 heterocycles. The first kappa shape index (κ1) is 16.4. The van der Waals surface area contributed by atoms with E-state index in [0.29, 0.717) is 5.54 Å². The molecule has 1 aromatic rings. The van der Waals surface area contributed by atoms with Crippen molar-refractivity contribution in [1.82, 2.24) is 9.80 Å². The summed E-state index contributed by atoms with van der Waals surface area (Å²) in [6.07, 6.45) is 3.82. The first-order valence-corrected chi connectivity index (χ1v) is 7.74. The Hall–Kier alpha value is -0.970. The maximum atomic E-state index is 13.0. The molecule has 118 valence electrons. The van der Waals surface area contributed by atoms with Gasteiger partial charge < -0.3 is 10.6 Å². The lowest BCUT2D eigenvalue weighted by atomic mass is 9.75. The molecule has 0 radical (unpaired) electrons. The Morgan fingerprint density at radius 2 is 1.76 bits per heavy atom. The summed E-state index contributed by atoms with van der Waals surface area (Å²) in [6, 6.07) is 6.65. The highest BCUT2D eigenvalue weighted by Gasteiger charge is 2.40. The van der Waals surface area contributed by atoms with Crippen LogP contribution in [0.25, 0.3) is 0 Å². The molecule has 2 atom stereocenters. The van der Waals surface area contributed by atoms with E-state index in [9.17, 15) is 4.39 Å². The van der Waals surface area contributed by atoms with E-state index in [2.05, 4.69) is 37.9 Å². The molecular formula is C17H28FN3. The number of rotatable bonds is 6. The van der Waals surface area contributed by atoms with Gasteiger partial charge in [0.05, 0.1) is 0 Å². The van der Waals surface area contributed by atoms with E-state index in [-0.39, 0.29) is 17.9 Å². The minimum atomic E-state index is -0.215. The maximum Gasteiger partial charge on any atom is 0.123 e. The van der Waals surface area contributed by atoms with Gasteiger partial charge in [-0.1, -0.05) is 12.1 Å². The summed E-state index contributed by atoms with van der Waals surface area (Å²) in [7, 11) is 6.47. The van der Waals surface area contributed by atoms with Gasteiger partial charge in [-0.15, -0.1) is 0 Å². The van der Waals surface area contributed by atoms with Crippen molar-refractivity contribution in [2.45, 2.75) is 43.8 Å². The molecule has 2 rings (SSSR count). The summed E-state index contributed by atoms with van der Waals surface area (Å²) >= 11 is 0. The zero-order valence-corrected chi connectivity index (χ0v) is 13.6. The van der Waals surface area contributed by atoms with Crippen LogP contribution in [0.3, 0.4) is 0 Å². The number of nitrogens with zero attached hydrogens (tertiary/aromatic N) is 2. The average molecular weight is 293 g/mol. The third-order valence-electron chi connectivity index (χ3n) is 5.25. The van der Waals surface area contributed by atoms with Crippen LogP contribution in [-0.4, -0.2) is 49.1 Å². The Labute approximate surface area is 127 Å². The van der Waals surface area contributed by atoms with Crippen LogP contribution in [0.15, 0.2) is 24.3 Å². The molecule has 0 aromatic heterocycles. The Morgan fingerprint density at radius 3 is 2.19 bits per heavy atom. The van der Waals surface area contributed by atoms with Gasteiger partial charge in [0, 0.05) is 24.2 Å². The van der Waals surface area contributed by atoms with Crippen molar-refractivity contribution in [3.05, 3.63) is 35.6 Å². The van der Waals surface area contributed by atoms with Crippen LogP contribution < -0.4 is 5.73 Å². The fraction of sp³-hybridized carbons (Fsp3) is 0.647. The quantitative estimate of drug-likeness (QED) is 0.875. The Kier molecular flexibility index (Phi) is 5.02. The lowest BCUT2D eigenvalue weighted by Gasteiger charge is -2.50. The molecule has 2 unspecified atom stereocenters. The molecule has 0 bridgehead atoms. The minimum absolute atomic E-state index is 0.102. The molecule has 3 nitrogen and oxygen atoms in total. The van der Waals surface area contributed by atoms with Crippen molar-refractivity contribution in [2.24, 2.45) is 5.73 Å². The number of hydrogen-bond acceptors (Lipinski definition) is 3. The molecule has 21 heavy (non-hydrogen) atoms. The summed E-state index contributed by atoms with van der Waals surface area (Å²) in [5.74, 6) is -0.215. The summed E-state index contributed by atoms with van der Waals surface area (Å²) in [6.45, 7) is 3.17. The van der Waals surface area contributed by atoms with E-state index >= 15 is 0 Å². The van der Waals surface area contributed by atoms with Crippen molar-refractivity contribution < 1.29 is 4.39 Å². The number of halogens is 1. The van der Waals surface area contributed by atoms with Crippen LogP contribution in [0.4, 0.5) is 4.39 Å². The fourth-order valence-corrected chi connectivity index (χ4v) is 3.18. The number of benzene rings is 1. The number of nitrogens with two attached hydrogens (primary N) is 1. The largest absolute Gasteiger partial charge is 0.323 e. The average Bonchev–Trinajstić information content (AvgIpc) is 2.41. The molecule has 0 saturated heterocycles. The second-order valence-corrected chi connectivity index (χ2v) is 6.71. The molecule has 1 saturated carbocycles. The van der Waals surface area contributed by atoms with Gasteiger partial charge in [-0.3, -0.25) is 4.90 Å². The summed E-state index contributed by atoms with van der Waals surface area (Å²) in [5, 5.41) is 0. The zero-order valence-electron chi connectivity index (χ0n) is 13.6. The van der Waals surface area contributed by atoms with E-state index in [1.54, 1.807) is 12.1 Å². The molecule has 4 heteroatoms. The smallest absolute Gasteiger partial charge is 0.123 e. The highest BCUT2D eigenvalue weighted by molar-refractivity contribution is 5.21. The van der Waals surface area contributed by atoms with Crippen LogP contribution in [0.5, 0.6) is 0 Å². The van der Waals surface area contributed by atoms with Gasteiger partial charge in [-0.25, -0.2) is 4.39 Å². The highest BCUT2D eigenvalue weighted by atomic mass is 19.1. The third kappa shape index (κ3) is 3.44. The normalized spacial score (nSPS) is 20.4. The van der Waals surface area contributed by atoms with Gasteiger partial charge in [0.15, 0.2) is 0 Å². The Bertz CT molecular complexity index is 454. The van der Waals surface area contributed by atoms with E-state index in [1.807, 2.05) is 0 Å². The monoisotopic (exact) mass is 293 g/mol.